The summed E-state index contributed by atoms with van der Waals surface area (Å²) < 4.78 is 5.08. The van der Waals surface area contributed by atoms with Crippen molar-refractivity contribution in [1.29, 1.82) is 0 Å². The number of anilines is 1. The summed E-state index contributed by atoms with van der Waals surface area (Å²) in [5.41, 5.74) is 0.170. The molecule has 2 heterocycles. The molecule has 1 aliphatic rings. The van der Waals surface area contributed by atoms with Gasteiger partial charge < -0.3 is 15.4 Å². The standard InChI is InChI=1S/C19H20N4O5/c1-11(28-15(24)10-23-17(26)19(2,3)22-18(23)27)16(25)21-14-8-4-7-13-12(14)6-5-9-20-13/h4-9,11H,10H2,1-3H3,(H,21,25)(H,22,27). The van der Waals surface area contributed by atoms with Crippen LogP contribution in [0.3, 0.4) is 0 Å². The maximum Gasteiger partial charge on any atom is 0.327 e. The van der Waals surface area contributed by atoms with Gasteiger partial charge in [0.05, 0.1) is 11.2 Å². The molecule has 1 aromatic heterocycles. The van der Waals surface area contributed by atoms with Gasteiger partial charge in [0.1, 0.15) is 12.1 Å². The summed E-state index contributed by atoms with van der Waals surface area (Å²) in [4.78, 5) is 53.4. The Labute approximate surface area is 161 Å². The van der Waals surface area contributed by atoms with Crippen LogP contribution >= 0.6 is 0 Å². The number of esters is 1. The number of hydrogen-bond acceptors (Lipinski definition) is 6. The number of rotatable bonds is 5. The first-order valence-corrected chi connectivity index (χ1v) is 8.67. The molecule has 146 valence electrons. The van der Waals surface area contributed by atoms with Crippen molar-refractivity contribution in [2.45, 2.75) is 32.4 Å². The number of ether oxygens (including phenoxy) is 1. The van der Waals surface area contributed by atoms with Crippen LogP contribution in [0.1, 0.15) is 20.8 Å². The normalized spacial score (nSPS) is 16.6. The van der Waals surface area contributed by atoms with E-state index in [4.69, 9.17) is 4.74 Å². The van der Waals surface area contributed by atoms with Crippen LogP contribution in [0.2, 0.25) is 0 Å². The predicted molar refractivity (Wildman–Crippen MR) is 100 cm³/mol. The number of amides is 4. The lowest BCUT2D eigenvalue weighted by Crippen LogP contribution is -2.42. The Morgan fingerprint density at radius 3 is 2.68 bits per heavy atom. The van der Waals surface area contributed by atoms with Crippen LogP contribution in [0.5, 0.6) is 0 Å². The zero-order valence-electron chi connectivity index (χ0n) is 15.7. The van der Waals surface area contributed by atoms with Crippen molar-refractivity contribution in [1.82, 2.24) is 15.2 Å². The molecule has 1 fully saturated rings. The second-order valence-electron chi connectivity index (χ2n) is 6.94. The van der Waals surface area contributed by atoms with Gasteiger partial charge in [-0.25, -0.2) is 4.79 Å². The Balaban J connectivity index is 1.62. The maximum atomic E-state index is 12.4. The third-order valence-electron chi connectivity index (χ3n) is 4.31. The predicted octanol–water partition coefficient (Wildman–Crippen LogP) is 1.44. The summed E-state index contributed by atoms with van der Waals surface area (Å²) in [6, 6.07) is 8.17. The Morgan fingerprint density at radius 1 is 1.25 bits per heavy atom. The number of fused-ring (bicyclic) bond motifs is 1. The van der Waals surface area contributed by atoms with Crippen molar-refractivity contribution in [2.24, 2.45) is 0 Å². The van der Waals surface area contributed by atoms with Gasteiger partial charge in [-0.05, 0) is 45.0 Å². The molecule has 1 aliphatic heterocycles. The molecule has 0 bridgehead atoms. The van der Waals surface area contributed by atoms with Crippen molar-refractivity contribution >= 4 is 40.4 Å². The molecule has 0 saturated carbocycles. The second-order valence-corrected chi connectivity index (χ2v) is 6.94. The van der Waals surface area contributed by atoms with Gasteiger partial charge in [0, 0.05) is 11.6 Å². The molecule has 1 saturated heterocycles. The fourth-order valence-electron chi connectivity index (χ4n) is 2.83. The fourth-order valence-corrected chi connectivity index (χ4v) is 2.83. The first-order valence-electron chi connectivity index (χ1n) is 8.67. The van der Waals surface area contributed by atoms with Gasteiger partial charge in [-0.1, -0.05) is 6.07 Å². The van der Waals surface area contributed by atoms with Crippen molar-refractivity contribution in [3.8, 4) is 0 Å². The number of urea groups is 1. The van der Waals surface area contributed by atoms with Gasteiger partial charge in [-0.3, -0.25) is 24.3 Å². The quantitative estimate of drug-likeness (QED) is 0.595. The molecular formula is C19H20N4O5. The average Bonchev–Trinajstić information content (AvgIpc) is 2.83. The van der Waals surface area contributed by atoms with Crippen LogP contribution in [0.25, 0.3) is 10.9 Å². The largest absolute Gasteiger partial charge is 0.451 e. The highest BCUT2D eigenvalue weighted by molar-refractivity contribution is 6.08. The summed E-state index contributed by atoms with van der Waals surface area (Å²) in [6.07, 6.45) is 0.531. The third kappa shape index (κ3) is 3.78. The Hall–Kier alpha value is -3.49. The van der Waals surface area contributed by atoms with E-state index in [2.05, 4.69) is 15.6 Å². The molecule has 1 aromatic carbocycles. The summed E-state index contributed by atoms with van der Waals surface area (Å²) in [6.45, 7) is 3.91. The molecule has 0 aliphatic carbocycles. The zero-order valence-corrected chi connectivity index (χ0v) is 15.7. The lowest BCUT2D eigenvalue weighted by molar-refractivity contribution is -0.155. The summed E-state index contributed by atoms with van der Waals surface area (Å²) in [5.74, 6) is -1.93. The van der Waals surface area contributed by atoms with Gasteiger partial charge >= 0.3 is 12.0 Å². The summed E-state index contributed by atoms with van der Waals surface area (Å²) >= 11 is 0. The number of nitrogens with one attached hydrogen (secondary N) is 2. The van der Waals surface area contributed by atoms with E-state index < -0.39 is 42.0 Å². The van der Waals surface area contributed by atoms with Gasteiger partial charge in [-0.15, -0.1) is 0 Å². The molecule has 2 aromatic rings. The minimum absolute atomic E-state index is 0.533. The molecule has 9 heteroatoms. The van der Waals surface area contributed by atoms with E-state index >= 15 is 0 Å². The van der Waals surface area contributed by atoms with Crippen molar-refractivity contribution in [2.75, 3.05) is 11.9 Å². The van der Waals surface area contributed by atoms with Crippen LogP contribution in [-0.4, -0.2) is 51.9 Å². The number of hydrogen-bond donors (Lipinski definition) is 2. The minimum atomic E-state index is -1.12. The Morgan fingerprint density at radius 2 is 2.00 bits per heavy atom. The van der Waals surface area contributed by atoms with E-state index in [1.54, 1.807) is 24.4 Å². The SMILES string of the molecule is CC(OC(=O)CN1C(=O)NC(C)(C)C1=O)C(=O)Nc1cccc2ncccc12. The highest BCUT2D eigenvalue weighted by Gasteiger charge is 2.45. The topological polar surface area (TPSA) is 118 Å². The lowest BCUT2D eigenvalue weighted by Gasteiger charge is -2.17. The van der Waals surface area contributed by atoms with Gasteiger partial charge in [0.15, 0.2) is 6.10 Å². The number of aromatic nitrogens is 1. The van der Waals surface area contributed by atoms with Gasteiger partial charge in [0.2, 0.25) is 0 Å². The number of imide groups is 1. The van der Waals surface area contributed by atoms with Crippen molar-refractivity contribution < 1.29 is 23.9 Å². The summed E-state index contributed by atoms with van der Waals surface area (Å²) in [7, 11) is 0. The highest BCUT2D eigenvalue weighted by Crippen LogP contribution is 2.21. The fraction of sp³-hybridized carbons (Fsp3) is 0.316. The van der Waals surface area contributed by atoms with Crippen LogP contribution in [0, 0.1) is 0 Å². The molecule has 1 unspecified atom stereocenters. The minimum Gasteiger partial charge on any atom is -0.451 e. The van der Waals surface area contributed by atoms with Crippen LogP contribution in [-0.2, 0) is 19.1 Å². The number of pyridine rings is 1. The molecule has 9 nitrogen and oxygen atoms in total. The van der Waals surface area contributed by atoms with Crippen molar-refractivity contribution in [3.05, 3.63) is 36.5 Å². The molecule has 0 spiro atoms. The number of carbonyl (C=O) groups excluding carboxylic acids is 4. The molecule has 4 amide bonds. The van der Waals surface area contributed by atoms with Crippen LogP contribution in [0.15, 0.2) is 36.5 Å². The van der Waals surface area contributed by atoms with Gasteiger partial charge in [-0.2, -0.15) is 0 Å². The average molecular weight is 384 g/mol. The van der Waals surface area contributed by atoms with E-state index in [-0.39, 0.29) is 0 Å². The Kier molecular flexibility index (Phi) is 5.00. The van der Waals surface area contributed by atoms with Crippen LogP contribution < -0.4 is 10.6 Å². The van der Waals surface area contributed by atoms with Gasteiger partial charge in [0.25, 0.3) is 11.8 Å². The smallest absolute Gasteiger partial charge is 0.327 e. The first-order chi connectivity index (χ1) is 13.2. The monoisotopic (exact) mass is 384 g/mol. The molecule has 0 radical (unpaired) electrons. The van der Waals surface area contributed by atoms with E-state index in [1.165, 1.54) is 20.8 Å². The molecule has 3 rings (SSSR count). The third-order valence-corrected chi connectivity index (χ3v) is 4.31. The van der Waals surface area contributed by atoms with Crippen molar-refractivity contribution in [3.63, 3.8) is 0 Å². The number of benzene rings is 1. The molecular weight excluding hydrogens is 364 g/mol. The number of carbonyl (C=O) groups is 4. The lowest BCUT2D eigenvalue weighted by atomic mass is 10.1. The summed E-state index contributed by atoms with van der Waals surface area (Å²) in [5, 5.41) is 5.92. The van der Waals surface area contributed by atoms with E-state index in [1.807, 2.05) is 12.1 Å². The van der Waals surface area contributed by atoms with E-state index in [0.717, 1.165) is 10.3 Å². The number of nitrogens with zero attached hydrogens (tertiary/aromatic N) is 2. The molecule has 2 N–H and O–H groups in total. The second kappa shape index (κ2) is 7.26. The van der Waals surface area contributed by atoms with E-state index in [9.17, 15) is 19.2 Å². The maximum absolute atomic E-state index is 12.4. The molecule has 28 heavy (non-hydrogen) atoms. The first kappa shape index (κ1) is 19.3. The Bertz CT molecular complexity index is 966. The zero-order chi connectivity index (χ0) is 20.5. The molecule has 1 atom stereocenters. The highest BCUT2D eigenvalue weighted by atomic mass is 16.5. The van der Waals surface area contributed by atoms with E-state index in [0.29, 0.717) is 11.2 Å². The van der Waals surface area contributed by atoms with Crippen LogP contribution in [0.4, 0.5) is 10.5 Å².